The van der Waals surface area contributed by atoms with Gasteiger partial charge >= 0.3 is 0 Å². The number of fused-ring (bicyclic) bond motifs is 1. The van der Waals surface area contributed by atoms with Crippen molar-refractivity contribution in [3.8, 4) is 0 Å². The first-order valence-corrected chi connectivity index (χ1v) is 8.96. The third kappa shape index (κ3) is 6.54. The van der Waals surface area contributed by atoms with E-state index in [4.69, 9.17) is 0 Å². The van der Waals surface area contributed by atoms with E-state index in [1.165, 1.54) is 12.2 Å². The van der Waals surface area contributed by atoms with Crippen molar-refractivity contribution in [1.29, 1.82) is 0 Å². The Kier molecular flexibility index (Phi) is 10.0. The van der Waals surface area contributed by atoms with Gasteiger partial charge in [0.1, 0.15) is 5.82 Å². The maximum atomic E-state index is 4.23. The molecule has 8 heteroatoms. The molecule has 2 heterocycles. The smallest absolute Gasteiger partial charge is 0.190 e. The summed E-state index contributed by atoms with van der Waals surface area (Å²) >= 11 is 1.89. The van der Waals surface area contributed by atoms with Crippen LogP contribution in [0.1, 0.15) is 18.7 Å². The summed E-state index contributed by atoms with van der Waals surface area (Å²) in [5, 5.41) is 15.0. The van der Waals surface area contributed by atoms with Crippen LogP contribution in [0.4, 0.5) is 0 Å². The van der Waals surface area contributed by atoms with Gasteiger partial charge in [-0.15, -0.1) is 34.2 Å². The second kappa shape index (κ2) is 11.5. The van der Waals surface area contributed by atoms with Crippen molar-refractivity contribution < 1.29 is 0 Å². The highest BCUT2D eigenvalue weighted by molar-refractivity contribution is 14.0. The lowest BCUT2D eigenvalue weighted by molar-refractivity contribution is 0.722. The van der Waals surface area contributed by atoms with E-state index < -0.39 is 0 Å². The Morgan fingerprint density at radius 3 is 2.83 bits per heavy atom. The SMILES string of the molecule is CN=C(NCCCCSC)NCCc1nnc2ccccn12.I. The van der Waals surface area contributed by atoms with E-state index >= 15 is 0 Å². The summed E-state index contributed by atoms with van der Waals surface area (Å²) in [6.07, 6.45) is 7.33. The van der Waals surface area contributed by atoms with Crippen LogP contribution >= 0.6 is 35.7 Å². The number of rotatable bonds is 8. The average molecular weight is 448 g/mol. The van der Waals surface area contributed by atoms with Gasteiger partial charge in [-0.05, 0) is 37.0 Å². The maximum absolute atomic E-state index is 4.23. The largest absolute Gasteiger partial charge is 0.356 e. The molecule has 0 aliphatic heterocycles. The van der Waals surface area contributed by atoms with Crippen LogP contribution in [0.5, 0.6) is 0 Å². The third-order valence-electron chi connectivity index (χ3n) is 3.32. The van der Waals surface area contributed by atoms with Gasteiger partial charge in [-0.2, -0.15) is 11.8 Å². The van der Waals surface area contributed by atoms with Gasteiger partial charge in [0.25, 0.3) is 0 Å². The molecule has 0 radical (unpaired) electrons. The summed E-state index contributed by atoms with van der Waals surface area (Å²) in [6.45, 7) is 1.73. The fourth-order valence-electron chi connectivity index (χ4n) is 2.15. The molecular weight excluding hydrogens is 423 g/mol. The summed E-state index contributed by atoms with van der Waals surface area (Å²) in [7, 11) is 1.80. The lowest BCUT2D eigenvalue weighted by Crippen LogP contribution is -2.38. The number of thioether (sulfide) groups is 1. The van der Waals surface area contributed by atoms with Crippen molar-refractivity contribution in [3.63, 3.8) is 0 Å². The van der Waals surface area contributed by atoms with Crippen molar-refractivity contribution in [2.75, 3.05) is 32.1 Å². The topological polar surface area (TPSA) is 66.6 Å². The first-order chi connectivity index (χ1) is 10.8. The zero-order valence-corrected chi connectivity index (χ0v) is 16.8. The number of hydrogen-bond acceptors (Lipinski definition) is 4. The summed E-state index contributed by atoms with van der Waals surface area (Å²) < 4.78 is 2.01. The second-order valence-corrected chi connectivity index (χ2v) is 5.91. The monoisotopic (exact) mass is 448 g/mol. The minimum absolute atomic E-state index is 0. The molecule has 0 saturated carbocycles. The number of guanidine groups is 1. The number of pyridine rings is 1. The molecule has 0 unspecified atom stereocenters. The van der Waals surface area contributed by atoms with E-state index in [1.54, 1.807) is 7.05 Å². The van der Waals surface area contributed by atoms with Crippen LogP contribution in [-0.2, 0) is 6.42 Å². The van der Waals surface area contributed by atoms with Crippen LogP contribution in [0.3, 0.4) is 0 Å². The summed E-state index contributed by atoms with van der Waals surface area (Å²) in [6, 6.07) is 5.91. The molecule has 2 N–H and O–H groups in total. The van der Waals surface area contributed by atoms with E-state index in [9.17, 15) is 0 Å². The quantitative estimate of drug-likeness (QED) is 0.281. The molecule has 0 amide bonds. The normalized spacial score (nSPS) is 11.3. The van der Waals surface area contributed by atoms with Crippen LogP contribution in [0.25, 0.3) is 5.65 Å². The van der Waals surface area contributed by atoms with Crippen molar-refractivity contribution in [3.05, 3.63) is 30.2 Å². The molecule has 0 aliphatic carbocycles. The van der Waals surface area contributed by atoms with E-state index in [0.29, 0.717) is 0 Å². The molecule has 0 aliphatic rings. The lowest BCUT2D eigenvalue weighted by Gasteiger charge is -2.11. The predicted octanol–water partition coefficient (Wildman–Crippen LogP) is 2.20. The van der Waals surface area contributed by atoms with Crippen LogP contribution in [0.15, 0.2) is 29.4 Å². The highest BCUT2D eigenvalue weighted by atomic mass is 127. The molecule has 0 bridgehead atoms. The van der Waals surface area contributed by atoms with Crippen LogP contribution < -0.4 is 10.6 Å². The molecule has 2 rings (SSSR count). The molecule has 23 heavy (non-hydrogen) atoms. The molecule has 2 aromatic heterocycles. The number of hydrogen-bond donors (Lipinski definition) is 2. The highest BCUT2D eigenvalue weighted by Gasteiger charge is 2.04. The van der Waals surface area contributed by atoms with Gasteiger partial charge in [0.05, 0.1) is 0 Å². The molecule has 0 fully saturated rings. The molecule has 0 spiro atoms. The van der Waals surface area contributed by atoms with E-state index in [0.717, 1.165) is 43.4 Å². The molecule has 0 atom stereocenters. The fraction of sp³-hybridized carbons (Fsp3) is 0.533. The van der Waals surface area contributed by atoms with Crippen LogP contribution in [-0.4, -0.2) is 52.7 Å². The number of nitrogens with zero attached hydrogens (tertiary/aromatic N) is 4. The highest BCUT2D eigenvalue weighted by Crippen LogP contribution is 2.02. The van der Waals surface area contributed by atoms with Gasteiger partial charge in [0.2, 0.25) is 0 Å². The number of aromatic nitrogens is 3. The average Bonchev–Trinajstić information content (AvgIpc) is 2.96. The Hall–Kier alpha value is -1.03. The zero-order chi connectivity index (χ0) is 15.6. The van der Waals surface area contributed by atoms with Crippen molar-refractivity contribution in [2.45, 2.75) is 19.3 Å². The molecule has 0 aromatic carbocycles. The van der Waals surface area contributed by atoms with Crippen LogP contribution in [0, 0.1) is 0 Å². The summed E-state index contributed by atoms with van der Waals surface area (Å²) in [5.41, 5.74) is 0.883. The molecular formula is C15H25IN6S. The second-order valence-electron chi connectivity index (χ2n) is 4.92. The summed E-state index contributed by atoms with van der Waals surface area (Å²) in [4.78, 5) is 4.23. The minimum Gasteiger partial charge on any atom is -0.356 e. The molecule has 6 nitrogen and oxygen atoms in total. The predicted molar refractivity (Wildman–Crippen MR) is 109 cm³/mol. The first kappa shape index (κ1) is 20.0. The maximum Gasteiger partial charge on any atom is 0.190 e. The Morgan fingerprint density at radius 1 is 1.22 bits per heavy atom. The lowest BCUT2D eigenvalue weighted by atomic mass is 10.3. The Balaban J connectivity index is 0.00000264. The van der Waals surface area contributed by atoms with Gasteiger partial charge in [-0.1, -0.05) is 6.07 Å². The van der Waals surface area contributed by atoms with Crippen molar-refractivity contribution >= 4 is 47.3 Å². The van der Waals surface area contributed by atoms with Gasteiger partial charge < -0.3 is 10.6 Å². The zero-order valence-electron chi connectivity index (χ0n) is 13.7. The van der Waals surface area contributed by atoms with Crippen molar-refractivity contribution in [2.24, 2.45) is 4.99 Å². The Morgan fingerprint density at radius 2 is 2.04 bits per heavy atom. The Bertz CT molecular complexity index is 600. The Labute approximate surface area is 159 Å². The van der Waals surface area contributed by atoms with Crippen LogP contribution in [0.2, 0.25) is 0 Å². The van der Waals surface area contributed by atoms with E-state index in [2.05, 4.69) is 32.1 Å². The fourth-order valence-corrected chi connectivity index (χ4v) is 2.65. The van der Waals surface area contributed by atoms with Crippen molar-refractivity contribution in [1.82, 2.24) is 25.2 Å². The standard InChI is InChI=1S/C15H24N6S.HI/c1-16-15(17-9-4-6-12-22-2)18-10-8-14-20-19-13-7-3-5-11-21(13)14;/h3,5,7,11H,4,6,8-10,12H2,1-2H3,(H2,16,17,18);1H. The minimum atomic E-state index is 0. The van der Waals surface area contributed by atoms with E-state index in [1.807, 2.05) is 40.6 Å². The number of halogens is 1. The first-order valence-electron chi connectivity index (χ1n) is 7.57. The van der Waals surface area contributed by atoms with Gasteiger partial charge in [-0.25, -0.2) is 0 Å². The molecule has 0 saturated heterocycles. The number of nitrogens with one attached hydrogen (secondary N) is 2. The summed E-state index contributed by atoms with van der Waals surface area (Å²) in [5.74, 6) is 3.02. The van der Waals surface area contributed by atoms with Gasteiger partial charge in [0.15, 0.2) is 11.6 Å². The molecule has 128 valence electrons. The third-order valence-corrected chi connectivity index (χ3v) is 4.01. The van der Waals surface area contributed by atoms with E-state index in [-0.39, 0.29) is 24.0 Å². The molecule has 2 aromatic rings. The number of aliphatic imine (C=N–C) groups is 1. The van der Waals surface area contributed by atoms with Gasteiger partial charge in [-0.3, -0.25) is 9.39 Å². The van der Waals surface area contributed by atoms with Gasteiger partial charge in [0, 0.05) is 32.8 Å². The number of unbranched alkanes of at least 4 members (excludes halogenated alkanes) is 1.